The van der Waals surface area contributed by atoms with E-state index >= 15 is 0 Å². The van der Waals surface area contributed by atoms with Crippen molar-refractivity contribution >= 4 is 17.5 Å². The SMILES string of the molecule is COc1ncc(C)cc1NC(=O)N1CCCN(c2ncccc2F)CC1. The molecule has 138 valence electrons. The molecule has 8 heteroatoms. The lowest BCUT2D eigenvalue weighted by molar-refractivity contribution is 0.215. The molecule has 0 unspecified atom stereocenters. The molecule has 0 bridgehead atoms. The number of nitrogens with one attached hydrogen (secondary N) is 1. The van der Waals surface area contributed by atoms with Crippen LogP contribution in [-0.2, 0) is 0 Å². The van der Waals surface area contributed by atoms with Gasteiger partial charge in [0.1, 0.15) is 5.69 Å². The predicted molar refractivity (Wildman–Crippen MR) is 97.1 cm³/mol. The van der Waals surface area contributed by atoms with E-state index in [9.17, 15) is 9.18 Å². The molecule has 26 heavy (non-hydrogen) atoms. The quantitative estimate of drug-likeness (QED) is 0.912. The molecule has 0 radical (unpaired) electrons. The molecule has 0 aliphatic carbocycles. The van der Waals surface area contributed by atoms with Crippen molar-refractivity contribution in [3.05, 3.63) is 42.0 Å². The second-order valence-electron chi connectivity index (χ2n) is 6.14. The van der Waals surface area contributed by atoms with Crippen LogP contribution in [0.1, 0.15) is 12.0 Å². The third kappa shape index (κ3) is 4.01. The van der Waals surface area contributed by atoms with Crippen molar-refractivity contribution in [3.8, 4) is 5.88 Å². The van der Waals surface area contributed by atoms with Crippen molar-refractivity contribution in [1.29, 1.82) is 0 Å². The number of amides is 2. The number of hydrogen-bond donors (Lipinski definition) is 1. The molecule has 0 atom stereocenters. The first-order valence-electron chi connectivity index (χ1n) is 8.50. The van der Waals surface area contributed by atoms with Crippen LogP contribution in [0.3, 0.4) is 0 Å². The van der Waals surface area contributed by atoms with E-state index in [4.69, 9.17) is 4.74 Å². The van der Waals surface area contributed by atoms with E-state index in [-0.39, 0.29) is 11.8 Å². The van der Waals surface area contributed by atoms with Crippen molar-refractivity contribution in [3.63, 3.8) is 0 Å². The Morgan fingerprint density at radius 3 is 2.88 bits per heavy atom. The van der Waals surface area contributed by atoms with Crippen LogP contribution < -0.4 is 15.0 Å². The van der Waals surface area contributed by atoms with Crippen molar-refractivity contribution in [2.45, 2.75) is 13.3 Å². The average molecular weight is 359 g/mol. The molecule has 2 aromatic rings. The Hall–Kier alpha value is -2.90. The van der Waals surface area contributed by atoms with E-state index < -0.39 is 0 Å². The van der Waals surface area contributed by atoms with Crippen molar-refractivity contribution in [2.75, 3.05) is 43.5 Å². The number of aromatic nitrogens is 2. The van der Waals surface area contributed by atoms with Crippen molar-refractivity contribution < 1.29 is 13.9 Å². The van der Waals surface area contributed by atoms with E-state index in [1.54, 1.807) is 23.4 Å². The minimum atomic E-state index is -0.346. The highest BCUT2D eigenvalue weighted by Crippen LogP contribution is 2.23. The van der Waals surface area contributed by atoms with Crippen LogP contribution in [0.2, 0.25) is 0 Å². The third-order valence-corrected chi connectivity index (χ3v) is 4.24. The number of rotatable bonds is 3. The fourth-order valence-electron chi connectivity index (χ4n) is 2.95. The molecule has 1 aliphatic heterocycles. The fraction of sp³-hybridized carbons (Fsp3) is 0.389. The Labute approximate surface area is 151 Å². The van der Waals surface area contributed by atoms with Crippen LogP contribution in [0.15, 0.2) is 30.6 Å². The predicted octanol–water partition coefficient (Wildman–Crippen LogP) is 2.68. The Bertz CT molecular complexity index is 786. The first kappa shape index (κ1) is 17.9. The molecule has 0 spiro atoms. The lowest BCUT2D eigenvalue weighted by Gasteiger charge is -2.23. The summed E-state index contributed by atoms with van der Waals surface area (Å²) in [5, 5.41) is 2.86. The number of carbonyl (C=O) groups excluding carboxylic acids is 1. The highest BCUT2D eigenvalue weighted by Gasteiger charge is 2.22. The van der Waals surface area contributed by atoms with Gasteiger partial charge in [-0.2, -0.15) is 0 Å². The number of ether oxygens (including phenoxy) is 1. The monoisotopic (exact) mass is 359 g/mol. The average Bonchev–Trinajstić information content (AvgIpc) is 2.88. The van der Waals surface area contributed by atoms with Gasteiger partial charge in [0.25, 0.3) is 0 Å². The third-order valence-electron chi connectivity index (χ3n) is 4.24. The van der Waals surface area contributed by atoms with Gasteiger partial charge in [0.2, 0.25) is 5.88 Å². The minimum Gasteiger partial charge on any atom is -0.480 e. The molecule has 1 aliphatic rings. The molecule has 2 amide bonds. The molecule has 3 heterocycles. The van der Waals surface area contributed by atoms with Gasteiger partial charge in [-0.3, -0.25) is 0 Å². The Kier molecular flexibility index (Phi) is 5.50. The molecule has 3 rings (SSSR count). The van der Waals surface area contributed by atoms with Gasteiger partial charge in [-0.1, -0.05) is 0 Å². The number of anilines is 2. The van der Waals surface area contributed by atoms with Gasteiger partial charge in [0.05, 0.1) is 7.11 Å². The van der Waals surface area contributed by atoms with E-state index in [1.807, 2.05) is 17.9 Å². The minimum absolute atomic E-state index is 0.223. The molecular weight excluding hydrogens is 337 g/mol. The first-order valence-corrected chi connectivity index (χ1v) is 8.50. The molecule has 0 saturated carbocycles. The number of pyridine rings is 2. The second-order valence-corrected chi connectivity index (χ2v) is 6.14. The van der Waals surface area contributed by atoms with Gasteiger partial charge in [-0.05, 0) is 37.1 Å². The molecule has 2 aromatic heterocycles. The van der Waals surface area contributed by atoms with E-state index in [0.717, 1.165) is 12.0 Å². The number of methoxy groups -OCH3 is 1. The number of hydrogen-bond acceptors (Lipinski definition) is 5. The van der Waals surface area contributed by atoms with Crippen LogP contribution in [0.5, 0.6) is 5.88 Å². The highest BCUT2D eigenvalue weighted by atomic mass is 19.1. The van der Waals surface area contributed by atoms with E-state index in [1.165, 1.54) is 13.2 Å². The highest BCUT2D eigenvalue weighted by molar-refractivity contribution is 5.90. The molecule has 1 saturated heterocycles. The van der Waals surface area contributed by atoms with Crippen LogP contribution in [0, 0.1) is 12.7 Å². The first-order chi connectivity index (χ1) is 12.6. The lowest BCUT2D eigenvalue weighted by atomic mass is 10.3. The van der Waals surface area contributed by atoms with Crippen LogP contribution >= 0.6 is 0 Å². The number of carbonyl (C=O) groups is 1. The normalized spacial score (nSPS) is 14.7. The molecular formula is C18H22FN5O2. The van der Waals surface area contributed by atoms with Crippen molar-refractivity contribution in [2.24, 2.45) is 0 Å². The number of aryl methyl sites for hydroxylation is 1. The van der Waals surface area contributed by atoms with Crippen molar-refractivity contribution in [1.82, 2.24) is 14.9 Å². The zero-order valence-electron chi connectivity index (χ0n) is 14.9. The summed E-state index contributed by atoms with van der Waals surface area (Å²) in [5.41, 5.74) is 1.46. The fourth-order valence-corrected chi connectivity index (χ4v) is 2.95. The Morgan fingerprint density at radius 2 is 2.12 bits per heavy atom. The zero-order valence-corrected chi connectivity index (χ0v) is 14.9. The summed E-state index contributed by atoms with van der Waals surface area (Å²) in [6, 6.07) is 4.56. The Balaban J connectivity index is 1.67. The van der Waals surface area contributed by atoms with Crippen LogP contribution in [0.4, 0.5) is 20.7 Å². The van der Waals surface area contributed by atoms with Gasteiger partial charge in [0.15, 0.2) is 11.6 Å². The number of urea groups is 1. The molecule has 7 nitrogen and oxygen atoms in total. The Morgan fingerprint density at radius 1 is 1.27 bits per heavy atom. The van der Waals surface area contributed by atoms with Crippen LogP contribution in [0.25, 0.3) is 0 Å². The van der Waals surface area contributed by atoms with Gasteiger partial charge in [-0.25, -0.2) is 19.2 Å². The zero-order chi connectivity index (χ0) is 18.5. The summed E-state index contributed by atoms with van der Waals surface area (Å²) in [7, 11) is 1.51. The number of halogens is 1. The molecule has 1 fully saturated rings. The van der Waals surface area contributed by atoms with Gasteiger partial charge >= 0.3 is 6.03 Å². The van der Waals surface area contributed by atoms with Crippen LogP contribution in [-0.4, -0.2) is 54.2 Å². The summed E-state index contributed by atoms with van der Waals surface area (Å²) in [5.74, 6) is 0.358. The smallest absolute Gasteiger partial charge is 0.322 e. The summed E-state index contributed by atoms with van der Waals surface area (Å²) in [4.78, 5) is 24.5. The maximum atomic E-state index is 14.0. The summed E-state index contributed by atoms with van der Waals surface area (Å²) in [6.07, 6.45) is 3.98. The van der Waals surface area contributed by atoms with Gasteiger partial charge < -0.3 is 19.9 Å². The molecule has 1 N–H and O–H groups in total. The molecule has 0 aromatic carbocycles. The maximum Gasteiger partial charge on any atom is 0.322 e. The maximum absolute atomic E-state index is 14.0. The lowest BCUT2D eigenvalue weighted by Crippen LogP contribution is -2.38. The van der Waals surface area contributed by atoms with Gasteiger partial charge in [-0.15, -0.1) is 0 Å². The van der Waals surface area contributed by atoms with E-state index in [0.29, 0.717) is 43.6 Å². The topological polar surface area (TPSA) is 70.6 Å². The van der Waals surface area contributed by atoms with E-state index in [2.05, 4.69) is 15.3 Å². The van der Waals surface area contributed by atoms with Gasteiger partial charge in [0, 0.05) is 38.6 Å². The standard InChI is InChI=1S/C18H22FN5O2/c1-13-11-15(17(26-2)21-12-13)22-18(25)24-8-4-7-23(9-10-24)16-14(19)5-3-6-20-16/h3,5-6,11-12H,4,7-10H2,1-2H3,(H,22,25). The largest absolute Gasteiger partial charge is 0.480 e. The summed E-state index contributed by atoms with van der Waals surface area (Å²) in [6.45, 7) is 4.12. The second kappa shape index (κ2) is 7.99. The summed E-state index contributed by atoms with van der Waals surface area (Å²) < 4.78 is 19.2. The number of nitrogens with zero attached hydrogens (tertiary/aromatic N) is 4. The summed E-state index contributed by atoms with van der Waals surface area (Å²) >= 11 is 0.